The Morgan fingerprint density at radius 2 is 2.28 bits per heavy atom. The number of aromatic nitrogens is 1. The molecule has 96 valence electrons. The summed E-state index contributed by atoms with van der Waals surface area (Å²) in [6, 6.07) is 5.09. The summed E-state index contributed by atoms with van der Waals surface area (Å²) in [4.78, 5) is 4.37. The number of benzene rings is 1. The van der Waals surface area contributed by atoms with Crippen molar-refractivity contribution in [2.45, 2.75) is 26.4 Å². The van der Waals surface area contributed by atoms with E-state index >= 15 is 0 Å². The van der Waals surface area contributed by atoms with Gasteiger partial charge in [0.1, 0.15) is 5.82 Å². The van der Waals surface area contributed by atoms with E-state index in [0.29, 0.717) is 12.1 Å². The van der Waals surface area contributed by atoms with E-state index in [1.54, 1.807) is 17.4 Å². The van der Waals surface area contributed by atoms with E-state index in [0.717, 1.165) is 15.2 Å². The van der Waals surface area contributed by atoms with E-state index < -0.39 is 0 Å². The average Bonchev–Trinajstić information content (AvgIpc) is 2.72. The van der Waals surface area contributed by atoms with Crippen molar-refractivity contribution in [2.75, 3.05) is 0 Å². The summed E-state index contributed by atoms with van der Waals surface area (Å²) in [5.41, 5.74) is 1.67. The van der Waals surface area contributed by atoms with Gasteiger partial charge in [-0.2, -0.15) is 0 Å². The van der Waals surface area contributed by atoms with Crippen molar-refractivity contribution in [3.8, 4) is 0 Å². The van der Waals surface area contributed by atoms with Gasteiger partial charge in [-0.25, -0.2) is 9.37 Å². The lowest BCUT2D eigenvalue weighted by Gasteiger charge is -2.14. The summed E-state index contributed by atoms with van der Waals surface area (Å²) in [7, 11) is 0. The third-order valence-electron chi connectivity index (χ3n) is 2.68. The summed E-state index contributed by atoms with van der Waals surface area (Å²) in [6.45, 7) is 4.58. The van der Waals surface area contributed by atoms with Gasteiger partial charge < -0.3 is 5.32 Å². The maximum absolute atomic E-state index is 13.7. The molecular formula is C13H14BrFN2S. The second kappa shape index (κ2) is 5.91. The number of hydrogen-bond acceptors (Lipinski definition) is 3. The normalized spacial score (nSPS) is 12.7. The van der Waals surface area contributed by atoms with Gasteiger partial charge in [-0.1, -0.05) is 22.0 Å². The molecule has 5 heteroatoms. The van der Waals surface area contributed by atoms with Crippen molar-refractivity contribution >= 4 is 27.3 Å². The maximum Gasteiger partial charge on any atom is 0.129 e. The summed E-state index contributed by atoms with van der Waals surface area (Å²) in [5.74, 6) is -0.196. The molecule has 1 aromatic carbocycles. The highest BCUT2D eigenvalue weighted by atomic mass is 79.9. The molecule has 1 unspecified atom stereocenters. The van der Waals surface area contributed by atoms with E-state index in [4.69, 9.17) is 0 Å². The van der Waals surface area contributed by atoms with Gasteiger partial charge in [0, 0.05) is 28.0 Å². The zero-order valence-electron chi connectivity index (χ0n) is 10.2. The Bertz CT molecular complexity index is 542. The van der Waals surface area contributed by atoms with E-state index in [9.17, 15) is 4.39 Å². The van der Waals surface area contributed by atoms with Crippen LogP contribution in [0.25, 0.3) is 0 Å². The first-order valence-electron chi connectivity index (χ1n) is 5.65. The molecule has 0 radical (unpaired) electrons. The number of halogens is 2. The van der Waals surface area contributed by atoms with Gasteiger partial charge >= 0.3 is 0 Å². The van der Waals surface area contributed by atoms with Crippen LogP contribution in [0.15, 0.2) is 28.1 Å². The van der Waals surface area contributed by atoms with Crippen molar-refractivity contribution in [1.29, 1.82) is 0 Å². The third kappa shape index (κ3) is 3.37. The monoisotopic (exact) mass is 328 g/mol. The maximum atomic E-state index is 13.7. The van der Waals surface area contributed by atoms with Gasteiger partial charge in [-0.15, -0.1) is 11.3 Å². The summed E-state index contributed by atoms with van der Waals surface area (Å²) >= 11 is 4.88. The van der Waals surface area contributed by atoms with Crippen LogP contribution in [0.4, 0.5) is 4.39 Å². The van der Waals surface area contributed by atoms with Gasteiger partial charge in [-0.05, 0) is 26.0 Å². The highest BCUT2D eigenvalue weighted by molar-refractivity contribution is 9.10. The predicted octanol–water partition coefficient (Wildman–Crippen LogP) is 4.20. The number of nitrogens with one attached hydrogen (secondary N) is 1. The van der Waals surface area contributed by atoms with Crippen LogP contribution < -0.4 is 5.32 Å². The van der Waals surface area contributed by atoms with Crippen molar-refractivity contribution in [2.24, 2.45) is 0 Å². The molecule has 0 aliphatic rings. The average molecular weight is 329 g/mol. The first-order valence-corrected chi connectivity index (χ1v) is 7.33. The summed E-state index contributed by atoms with van der Waals surface area (Å²) < 4.78 is 14.5. The Morgan fingerprint density at radius 1 is 1.50 bits per heavy atom. The molecule has 0 bridgehead atoms. The third-order valence-corrected chi connectivity index (χ3v) is 4.00. The van der Waals surface area contributed by atoms with Crippen LogP contribution in [-0.2, 0) is 6.54 Å². The Morgan fingerprint density at radius 3 is 2.89 bits per heavy atom. The lowest BCUT2D eigenvalue weighted by molar-refractivity contribution is 0.525. The van der Waals surface area contributed by atoms with Crippen LogP contribution in [-0.4, -0.2) is 4.98 Å². The molecule has 0 saturated carbocycles. The van der Waals surface area contributed by atoms with Crippen LogP contribution >= 0.6 is 27.3 Å². The minimum atomic E-state index is -0.196. The molecule has 2 aromatic rings. The zero-order chi connectivity index (χ0) is 13.1. The molecule has 0 fully saturated rings. The minimum Gasteiger partial charge on any atom is -0.304 e. The van der Waals surface area contributed by atoms with Crippen LogP contribution in [0, 0.1) is 12.7 Å². The second-order valence-electron chi connectivity index (χ2n) is 4.13. The SMILES string of the molecule is Cc1nc(CNC(C)c2ccc(Br)cc2F)cs1. The molecular weight excluding hydrogens is 315 g/mol. The van der Waals surface area contributed by atoms with Gasteiger partial charge in [0.2, 0.25) is 0 Å². The van der Waals surface area contributed by atoms with Gasteiger partial charge in [-0.3, -0.25) is 0 Å². The number of aryl methyl sites for hydroxylation is 1. The van der Waals surface area contributed by atoms with E-state index in [1.165, 1.54) is 6.07 Å². The number of thiazole rings is 1. The van der Waals surface area contributed by atoms with E-state index in [-0.39, 0.29) is 11.9 Å². The summed E-state index contributed by atoms with van der Waals surface area (Å²) in [5, 5.41) is 6.35. The molecule has 18 heavy (non-hydrogen) atoms. The fourth-order valence-corrected chi connectivity index (χ4v) is 2.66. The smallest absolute Gasteiger partial charge is 0.129 e. The molecule has 0 aliphatic heterocycles. The lowest BCUT2D eigenvalue weighted by atomic mass is 10.1. The number of hydrogen-bond donors (Lipinski definition) is 1. The highest BCUT2D eigenvalue weighted by Gasteiger charge is 2.11. The predicted molar refractivity (Wildman–Crippen MR) is 76.2 cm³/mol. The lowest BCUT2D eigenvalue weighted by Crippen LogP contribution is -2.19. The summed E-state index contributed by atoms with van der Waals surface area (Å²) in [6.07, 6.45) is 0. The highest BCUT2D eigenvalue weighted by Crippen LogP contribution is 2.21. The standard InChI is InChI=1S/C13H14BrFN2S/c1-8(12-4-3-10(14)5-13(12)15)16-6-11-7-18-9(2)17-11/h3-5,7-8,16H,6H2,1-2H3. The van der Waals surface area contributed by atoms with Gasteiger partial charge in [0.15, 0.2) is 0 Å². The van der Waals surface area contributed by atoms with Crippen molar-refractivity contribution in [3.63, 3.8) is 0 Å². The Balaban J connectivity index is 2.01. The molecule has 1 atom stereocenters. The molecule has 2 nitrogen and oxygen atoms in total. The molecule has 1 heterocycles. The van der Waals surface area contributed by atoms with E-state index in [1.807, 2.05) is 25.3 Å². The molecule has 1 aromatic heterocycles. The molecule has 1 N–H and O–H groups in total. The molecule has 0 saturated heterocycles. The zero-order valence-corrected chi connectivity index (χ0v) is 12.6. The molecule has 0 aliphatic carbocycles. The van der Waals surface area contributed by atoms with Crippen LogP contribution in [0.1, 0.15) is 29.2 Å². The molecule has 0 spiro atoms. The Kier molecular flexibility index (Phi) is 4.48. The van der Waals surface area contributed by atoms with E-state index in [2.05, 4.69) is 26.2 Å². The van der Waals surface area contributed by atoms with Crippen molar-refractivity contribution in [1.82, 2.24) is 10.3 Å². The van der Waals surface area contributed by atoms with Gasteiger partial charge in [0.05, 0.1) is 10.7 Å². The quantitative estimate of drug-likeness (QED) is 0.909. The fourth-order valence-electron chi connectivity index (χ4n) is 1.71. The van der Waals surface area contributed by atoms with Crippen LogP contribution in [0.3, 0.4) is 0 Å². The van der Waals surface area contributed by atoms with Crippen molar-refractivity contribution < 1.29 is 4.39 Å². The number of nitrogens with zero attached hydrogens (tertiary/aromatic N) is 1. The van der Waals surface area contributed by atoms with Crippen LogP contribution in [0.5, 0.6) is 0 Å². The first-order chi connectivity index (χ1) is 8.56. The molecule has 2 rings (SSSR count). The molecule has 0 amide bonds. The van der Waals surface area contributed by atoms with Gasteiger partial charge in [0.25, 0.3) is 0 Å². The second-order valence-corrected chi connectivity index (χ2v) is 6.10. The largest absolute Gasteiger partial charge is 0.304 e. The topological polar surface area (TPSA) is 24.9 Å². The Labute approximate surface area is 118 Å². The fraction of sp³-hybridized carbons (Fsp3) is 0.308. The van der Waals surface area contributed by atoms with Crippen molar-refractivity contribution in [3.05, 3.63) is 50.1 Å². The van der Waals surface area contributed by atoms with Crippen LogP contribution in [0.2, 0.25) is 0 Å². The minimum absolute atomic E-state index is 0.0416. The Hall–Kier alpha value is -0.780. The first kappa shape index (κ1) is 13.6. The number of rotatable bonds is 4.